The molecule has 3 heteroatoms. The monoisotopic (exact) mass is 149 g/mol. The van der Waals surface area contributed by atoms with Crippen LogP contribution in [0, 0.1) is 17.1 Å². The zero-order valence-corrected chi connectivity index (χ0v) is 5.54. The third-order valence-corrected chi connectivity index (χ3v) is 1.21. The van der Waals surface area contributed by atoms with Gasteiger partial charge in [-0.15, -0.1) is 0 Å². The molecular formula is C8H4FNO. The molecular weight excluding hydrogens is 145 g/mol. The van der Waals surface area contributed by atoms with E-state index in [0.717, 1.165) is 12.1 Å². The van der Waals surface area contributed by atoms with Gasteiger partial charge in [-0.1, -0.05) is 0 Å². The Morgan fingerprint density at radius 1 is 1.36 bits per heavy atom. The van der Waals surface area contributed by atoms with Crippen molar-refractivity contribution in [1.29, 1.82) is 5.26 Å². The highest BCUT2D eigenvalue weighted by atomic mass is 19.1. The molecule has 0 aliphatic carbocycles. The van der Waals surface area contributed by atoms with Gasteiger partial charge in [-0.05, 0) is 24.3 Å². The molecule has 0 amide bonds. The van der Waals surface area contributed by atoms with Crippen LogP contribution in [-0.2, 0) is 0 Å². The molecule has 0 N–H and O–H groups in total. The van der Waals surface area contributed by atoms with Crippen LogP contribution in [0.25, 0.3) is 0 Å². The first-order valence-electron chi connectivity index (χ1n) is 2.94. The van der Waals surface area contributed by atoms with E-state index >= 15 is 0 Å². The van der Waals surface area contributed by atoms with Crippen LogP contribution in [0.15, 0.2) is 24.3 Å². The van der Waals surface area contributed by atoms with Gasteiger partial charge in [0.15, 0.2) is 0 Å². The Hall–Kier alpha value is -1.69. The van der Waals surface area contributed by atoms with E-state index in [1.165, 1.54) is 18.2 Å². The Morgan fingerprint density at radius 3 is 2.36 bits per heavy atom. The molecule has 0 spiro atoms. The summed E-state index contributed by atoms with van der Waals surface area (Å²) in [6.45, 7) is 0. The first-order valence-corrected chi connectivity index (χ1v) is 2.94. The normalized spacial score (nSPS) is 8.73. The minimum Gasteiger partial charge on any atom is -0.277 e. The number of rotatable bonds is 1. The van der Waals surface area contributed by atoms with Crippen LogP contribution >= 0.6 is 0 Å². The molecule has 0 atom stereocenters. The highest BCUT2D eigenvalue weighted by Gasteiger charge is 2.01. The molecule has 0 saturated carbocycles. The summed E-state index contributed by atoms with van der Waals surface area (Å²) in [4.78, 5) is 10.6. The zero-order valence-electron chi connectivity index (χ0n) is 5.54. The van der Waals surface area contributed by atoms with Crippen molar-refractivity contribution in [2.45, 2.75) is 0 Å². The van der Waals surface area contributed by atoms with E-state index in [0.29, 0.717) is 0 Å². The van der Waals surface area contributed by atoms with Crippen molar-refractivity contribution >= 4 is 5.78 Å². The third kappa shape index (κ3) is 1.62. The molecule has 1 aromatic carbocycles. The molecule has 0 aliphatic heterocycles. The topological polar surface area (TPSA) is 40.9 Å². The molecule has 0 saturated heterocycles. The van der Waals surface area contributed by atoms with Gasteiger partial charge in [-0.3, -0.25) is 4.79 Å². The lowest BCUT2D eigenvalue weighted by atomic mass is 10.1. The molecule has 0 heterocycles. The second kappa shape index (κ2) is 2.93. The van der Waals surface area contributed by atoms with E-state index < -0.39 is 11.6 Å². The predicted molar refractivity (Wildman–Crippen MR) is 36.3 cm³/mol. The van der Waals surface area contributed by atoms with Crippen molar-refractivity contribution in [3.05, 3.63) is 35.6 Å². The smallest absolute Gasteiger partial charge is 0.262 e. The van der Waals surface area contributed by atoms with Crippen LogP contribution in [0.2, 0.25) is 0 Å². The van der Waals surface area contributed by atoms with Gasteiger partial charge in [0.25, 0.3) is 5.78 Å². The molecule has 0 fully saturated rings. The Kier molecular flexibility index (Phi) is 1.98. The minimum atomic E-state index is -0.648. The maximum Gasteiger partial charge on any atom is 0.262 e. The summed E-state index contributed by atoms with van der Waals surface area (Å²) in [7, 11) is 0. The number of hydrogen-bond donors (Lipinski definition) is 0. The molecule has 54 valence electrons. The number of Topliss-reactive ketones (excluding diaryl/α,β-unsaturated/α-hetero) is 1. The average Bonchev–Trinajstić information content (AvgIpc) is 2.05. The minimum absolute atomic E-state index is 0.217. The van der Waals surface area contributed by atoms with Gasteiger partial charge in [0.05, 0.1) is 0 Å². The number of nitriles is 1. The lowest BCUT2D eigenvalue weighted by Crippen LogP contribution is -1.93. The Balaban J connectivity index is 3.01. The van der Waals surface area contributed by atoms with Crippen LogP contribution in [0.5, 0.6) is 0 Å². The summed E-state index contributed by atoms with van der Waals surface area (Å²) in [5.74, 6) is -1.07. The van der Waals surface area contributed by atoms with Crippen LogP contribution in [-0.4, -0.2) is 5.78 Å². The van der Waals surface area contributed by atoms with Gasteiger partial charge in [0, 0.05) is 5.56 Å². The van der Waals surface area contributed by atoms with Crippen LogP contribution in [0.3, 0.4) is 0 Å². The van der Waals surface area contributed by atoms with Crippen molar-refractivity contribution in [3.8, 4) is 6.07 Å². The van der Waals surface area contributed by atoms with E-state index in [2.05, 4.69) is 0 Å². The summed E-state index contributed by atoms with van der Waals surface area (Å²) >= 11 is 0. The van der Waals surface area contributed by atoms with E-state index in [4.69, 9.17) is 5.26 Å². The Morgan fingerprint density at radius 2 is 1.91 bits per heavy atom. The number of benzene rings is 1. The zero-order chi connectivity index (χ0) is 8.27. The maximum absolute atomic E-state index is 12.3. The van der Waals surface area contributed by atoms with E-state index in [-0.39, 0.29) is 5.56 Å². The molecule has 0 bridgehead atoms. The summed E-state index contributed by atoms with van der Waals surface area (Å²) in [5.41, 5.74) is 0.217. The standard InChI is InChI=1S/C8H4FNO/c9-7-3-1-6(2-4-7)8(11)5-10/h1-4H. The molecule has 0 aromatic heterocycles. The lowest BCUT2D eigenvalue weighted by molar-refractivity contribution is 0.105. The van der Waals surface area contributed by atoms with Crippen molar-refractivity contribution in [3.63, 3.8) is 0 Å². The Labute approximate surface area is 62.9 Å². The molecule has 0 unspecified atom stereocenters. The van der Waals surface area contributed by atoms with Gasteiger partial charge < -0.3 is 0 Å². The van der Waals surface area contributed by atoms with Crippen LogP contribution < -0.4 is 0 Å². The SMILES string of the molecule is N#CC(=O)c1ccc(F)cc1. The number of halogens is 1. The predicted octanol–water partition coefficient (Wildman–Crippen LogP) is 1.53. The van der Waals surface area contributed by atoms with Gasteiger partial charge >= 0.3 is 0 Å². The largest absolute Gasteiger partial charge is 0.277 e. The quantitative estimate of drug-likeness (QED) is 0.448. The molecule has 1 aromatic rings. The third-order valence-electron chi connectivity index (χ3n) is 1.21. The van der Waals surface area contributed by atoms with E-state index in [1.807, 2.05) is 0 Å². The molecule has 0 aliphatic rings. The second-order valence-corrected chi connectivity index (χ2v) is 1.95. The van der Waals surface area contributed by atoms with Crippen molar-refractivity contribution in [2.75, 3.05) is 0 Å². The molecule has 2 nitrogen and oxygen atoms in total. The van der Waals surface area contributed by atoms with E-state index in [9.17, 15) is 9.18 Å². The van der Waals surface area contributed by atoms with Gasteiger partial charge in [-0.2, -0.15) is 5.26 Å². The fraction of sp³-hybridized carbons (Fsp3) is 0. The number of carbonyl (C=O) groups is 1. The van der Waals surface area contributed by atoms with Gasteiger partial charge in [0.1, 0.15) is 11.9 Å². The van der Waals surface area contributed by atoms with Crippen molar-refractivity contribution in [2.24, 2.45) is 0 Å². The number of hydrogen-bond acceptors (Lipinski definition) is 2. The summed E-state index contributed by atoms with van der Waals surface area (Å²) in [5, 5.41) is 8.16. The number of ketones is 1. The summed E-state index contributed by atoms with van der Waals surface area (Å²) in [6.07, 6.45) is 0. The second-order valence-electron chi connectivity index (χ2n) is 1.95. The van der Waals surface area contributed by atoms with Gasteiger partial charge in [-0.25, -0.2) is 4.39 Å². The maximum atomic E-state index is 12.3. The fourth-order valence-electron chi connectivity index (χ4n) is 0.666. The fourth-order valence-corrected chi connectivity index (χ4v) is 0.666. The Bertz CT molecular complexity index is 310. The average molecular weight is 149 g/mol. The van der Waals surface area contributed by atoms with Crippen LogP contribution in [0.1, 0.15) is 10.4 Å². The highest BCUT2D eigenvalue weighted by molar-refractivity contribution is 6.07. The molecule has 0 radical (unpaired) electrons. The van der Waals surface area contributed by atoms with Crippen LogP contribution in [0.4, 0.5) is 4.39 Å². The highest BCUT2D eigenvalue weighted by Crippen LogP contribution is 2.02. The summed E-state index contributed by atoms with van der Waals surface area (Å²) < 4.78 is 12.3. The first kappa shape index (κ1) is 7.42. The van der Waals surface area contributed by atoms with E-state index in [1.54, 1.807) is 0 Å². The molecule has 1 rings (SSSR count). The van der Waals surface area contributed by atoms with Crippen molar-refractivity contribution < 1.29 is 9.18 Å². The first-order chi connectivity index (χ1) is 5.24. The number of carbonyl (C=O) groups excluding carboxylic acids is 1. The van der Waals surface area contributed by atoms with Gasteiger partial charge in [0.2, 0.25) is 0 Å². The number of nitrogens with zero attached hydrogens (tertiary/aromatic N) is 1. The summed E-state index contributed by atoms with van der Waals surface area (Å²) in [6, 6.07) is 6.28. The van der Waals surface area contributed by atoms with Crippen molar-refractivity contribution in [1.82, 2.24) is 0 Å². The molecule has 11 heavy (non-hydrogen) atoms. The lowest BCUT2D eigenvalue weighted by Gasteiger charge is -1.90.